The van der Waals surface area contributed by atoms with Crippen LogP contribution in [-0.4, -0.2) is 48.5 Å². The molecule has 0 spiro atoms. The summed E-state index contributed by atoms with van der Waals surface area (Å²) in [5.74, 6) is 0.697. The van der Waals surface area contributed by atoms with Gasteiger partial charge in [0, 0.05) is 12.6 Å². The van der Waals surface area contributed by atoms with Gasteiger partial charge in [-0.05, 0) is 51.5 Å². The van der Waals surface area contributed by atoms with Gasteiger partial charge in [0.05, 0.1) is 0 Å². The van der Waals surface area contributed by atoms with E-state index in [9.17, 15) is 4.79 Å². The molecule has 2 N–H and O–H groups in total. The van der Waals surface area contributed by atoms with E-state index in [0.717, 1.165) is 44.7 Å². The fourth-order valence-corrected chi connectivity index (χ4v) is 2.32. The Kier molecular flexibility index (Phi) is 5.35. The van der Waals surface area contributed by atoms with Crippen molar-refractivity contribution in [3.05, 3.63) is 23.9 Å². The van der Waals surface area contributed by atoms with Crippen LogP contribution in [0.15, 0.2) is 18.2 Å². The van der Waals surface area contributed by atoms with Crippen molar-refractivity contribution < 1.29 is 4.79 Å². The first kappa shape index (κ1) is 14.8. The quantitative estimate of drug-likeness (QED) is 0.860. The van der Waals surface area contributed by atoms with Gasteiger partial charge in [-0.2, -0.15) is 0 Å². The predicted molar refractivity (Wildman–Crippen MR) is 81.0 cm³/mol. The number of pyridine rings is 1. The van der Waals surface area contributed by atoms with Crippen LogP contribution in [0, 0.1) is 0 Å². The van der Waals surface area contributed by atoms with Crippen molar-refractivity contribution in [3.8, 4) is 0 Å². The van der Waals surface area contributed by atoms with E-state index in [1.165, 1.54) is 0 Å². The van der Waals surface area contributed by atoms with Gasteiger partial charge in [-0.15, -0.1) is 0 Å². The van der Waals surface area contributed by atoms with Crippen molar-refractivity contribution in [2.24, 2.45) is 0 Å². The molecular formula is C15H24N4O. The highest BCUT2D eigenvalue weighted by atomic mass is 16.1. The first-order valence-corrected chi connectivity index (χ1v) is 7.39. The van der Waals surface area contributed by atoms with Gasteiger partial charge < -0.3 is 15.5 Å². The summed E-state index contributed by atoms with van der Waals surface area (Å²) in [7, 11) is 2.11. The first-order valence-electron chi connectivity index (χ1n) is 7.39. The number of aromatic nitrogens is 1. The lowest BCUT2D eigenvalue weighted by molar-refractivity contribution is 0.0912. The molecule has 1 saturated heterocycles. The SMILES string of the molecule is CCCNc1cccc(C(=O)NC2CCN(C)CC2)n1. The molecule has 0 aromatic carbocycles. The molecule has 0 bridgehead atoms. The fourth-order valence-electron chi connectivity index (χ4n) is 2.32. The van der Waals surface area contributed by atoms with Crippen molar-refractivity contribution in [3.63, 3.8) is 0 Å². The van der Waals surface area contributed by atoms with E-state index in [1.807, 2.05) is 12.1 Å². The summed E-state index contributed by atoms with van der Waals surface area (Å²) in [5, 5.41) is 6.28. The molecule has 0 unspecified atom stereocenters. The van der Waals surface area contributed by atoms with Gasteiger partial charge >= 0.3 is 0 Å². The van der Waals surface area contributed by atoms with Crippen molar-refractivity contribution in [2.45, 2.75) is 32.2 Å². The Morgan fingerprint density at radius 3 is 2.85 bits per heavy atom. The van der Waals surface area contributed by atoms with E-state index >= 15 is 0 Å². The summed E-state index contributed by atoms with van der Waals surface area (Å²) in [4.78, 5) is 18.9. The first-order chi connectivity index (χ1) is 9.69. The topological polar surface area (TPSA) is 57.3 Å². The van der Waals surface area contributed by atoms with Gasteiger partial charge in [0.15, 0.2) is 0 Å². The van der Waals surface area contributed by atoms with Crippen LogP contribution in [0.5, 0.6) is 0 Å². The molecule has 1 aliphatic rings. The highest BCUT2D eigenvalue weighted by Gasteiger charge is 2.19. The molecular weight excluding hydrogens is 252 g/mol. The maximum atomic E-state index is 12.2. The number of hydrogen-bond acceptors (Lipinski definition) is 4. The van der Waals surface area contributed by atoms with Gasteiger partial charge in [-0.25, -0.2) is 4.98 Å². The second-order valence-corrected chi connectivity index (χ2v) is 5.39. The van der Waals surface area contributed by atoms with Gasteiger partial charge in [0.1, 0.15) is 11.5 Å². The van der Waals surface area contributed by atoms with E-state index in [4.69, 9.17) is 0 Å². The molecule has 20 heavy (non-hydrogen) atoms. The average molecular weight is 276 g/mol. The monoisotopic (exact) mass is 276 g/mol. The van der Waals surface area contributed by atoms with Crippen LogP contribution < -0.4 is 10.6 Å². The zero-order valence-corrected chi connectivity index (χ0v) is 12.4. The minimum atomic E-state index is -0.0697. The zero-order valence-electron chi connectivity index (χ0n) is 12.4. The van der Waals surface area contributed by atoms with Gasteiger partial charge in [-0.3, -0.25) is 4.79 Å². The molecule has 1 aromatic rings. The normalized spacial score (nSPS) is 16.9. The molecule has 0 saturated carbocycles. The predicted octanol–water partition coefficient (Wildman–Crippen LogP) is 1.73. The summed E-state index contributed by atoms with van der Waals surface area (Å²) in [6, 6.07) is 5.80. The Morgan fingerprint density at radius 1 is 1.40 bits per heavy atom. The van der Waals surface area contributed by atoms with E-state index in [-0.39, 0.29) is 11.9 Å². The Morgan fingerprint density at radius 2 is 2.15 bits per heavy atom. The van der Waals surface area contributed by atoms with Crippen LogP contribution in [-0.2, 0) is 0 Å². The molecule has 0 aliphatic carbocycles. The van der Waals surface area contributed by atoms with Crippen LogP contribution in [0.3, 0.4) is 0 Å². The molecule has 0 radical (unpaired) electrons. The smallest absolute Gasteiger partial charge is 0.270 e. The van der Waals surface area contributed by atoms with E-state index in [1.54, 1.807) is 6.07 Å². The number of piperidine rings is 1. The highest BCUT2D eigenvalue weighted by Crippen LogP contribution is 2.10. The highest BCUT2D eigenvalue weighted by molar-refractivity contribution is 5.92. The fraction of sp³-hybridized carbons (Fsp3) is 0.600. The summed E-state index contributed by atoms with van der Waals surface area (Å²) < 4.78 is 0. The lowest BCUT2D eigenvalue weighted by atomic mass is 10.1. The zero-order chi connectivity index (χ0) is 14.4. The van der Waals surface area contributed by atoms with Gasteiger partial charge in [0.2, 0.25) is 0 Å². The maximum Gasteiger partial charge on any atom is 0.270 e. The number of anilines is 1. The lowest BCUT2D eigenvalue weighted by Crippen LogP contribution is -2.43. The number of amides is 1. The lowest BCUT2D eigenvalue weighted by Gasteiger charge is -2.29. The third kappa shape index (κ3) is 4.20. The molecule has 1 amide bonds. The summed E-state index contributed by atoms with van der Waals surface area (Å²) in [5.41, 5.74) is 0.491. The standard InChI is InChI=1S/C15H24N4O/c1-3-9-16-14-6-4-5-13(18-14)15(20)17-12-7-10-19(2)11-8-12/h4-6,12H,3,7-11H2,1-2H3,(H,16,18)(H,17,20). The third-order valence-corrected chi connectivity index (χ3v) is 3.59. The molecule has 1 aromatic heterocycles. The molecule has 1 aliphatic heterocycles. The number of hydrogen-bond donors (Lipinski definition) is 2. The van der Waals surface area contributed by atoms with Crippen molar-refractivity contribution >= 4 is 11.7 Å². The van der Waals surface area contributed by atoms with Crippen LogP contribution in [0.25, 0.3) is 0 Å². The number of carbonyl (C=O) groups is 1. The summed E-state index contributed by atoms with van der Waals surface area (Å²) in [6.07, 6.45) is 3.06. The number of likely N-dealkylation sites (tertiary alicyclic amines) is 1. The molecule has 5 nitrogen and oxygen atoms in total. The minimum Gasteiger partial charge on any atom is -0.370 e. The third-order valence-electron chi connectivity index (χ3n) is 3.59. The molecule has 2 heterocycles. The second kappa shape index (κ2) is 7.24. The number of nitrogens with one attached hydrogen (secondary N) is 2. The van der Waals surface area contributed by atoms with Crippen molar-refractivity contribution in [2.75, 3.05) is 32.0 Å². The summed E-state index contributed by atoms with van der Waals surface area (Å²) in [6.45, 7) is 5.05. The molecule has 2 rings (SSSR count). The Bertz CT molecular complexity index is 441. The van der Waals surface area contributed by atoms with E-state index in [2.05, 4.69) is 34.5 Å². The number of nitrogens with zero attached hydrogens (tertiary/aromatic N) is 2. The Hall–Kier alpha value is -1.62. The Balaban J connectivity index is 1.91. The molecule has 110 valence electrons. The molecule has 0 atom stereocenters. The van der Waals surface area contributed by atoms with Crippen molar-refractivity contribution in [1.82, 2.24) is 15.2 Å². The van der Waals surface area contributed by atoms with Crippen LogP contribution in [0.4, 0.5) is 5.82 Å². The number of carbonyl (C=O) groups excluding carboxylic acids is 1. The second-order valence-electron chi connectivity index (χ2n) is 5.39. The molecule has 5 heteroatoms. The van der Waals surface area contributed by atoms with E-state index in [0.29, 0.717) is 5.69 Å². The van der Waals surface area contributed by atoms with Gasteiger partial charge in [-0.1, -0.05) is 13.0 Å². The van der Waals surface area contributed by atoms with Crippen LogP contribution >= 0.6 is 0 Å². The van der Waals surface area contributed by atoms with Crippen molar-refractivity contribution in [1.29, 1.82) is 0 Å². The van der Waals surface area contributed by atoms with Crippen LogP contribution in [0.2, 0.25) is 0 Å². The van der Waals surface area contributed by atoms with Crippen LogP contribution in [0.1, 0.15) is 36.7 Å². The largest absolute Gasteiger partial charge is 0.370 e. The number of rotatable bonds is 5. The van der Waals surface area contributed by atoms with Gasteiger partial charge in [0.25, 0.3) is 5.91 Å². The van der Waals surface area contributed by atoms with E-state index < -0.39 is 0 Å². The molecule has 1 fully saturated rings. The summed E-state index contributed by atoms with van der Waals surface area (Å²) >= 11 is 0. The Labute approximate surface area is 120 Å². The maximum absolute atomic E-state index is 12.2. The minimum absolute atomic E-state index is 0.0697. The average Bonchev–Trinajstić information content (AvgIpc) is 2.48.